The van der Waals surface area contributed by atoms with Crippen molar-refractivity contribution in [1.29, 1.82) is 0 Å². The van der Waals surface area contributed by atoms with Gasteiger partial charge in [0.05, 0.1) is 5.52 Å². The van der Waals surface area contributed by atoms with Gasteiger partial charge in [-0.2, -0.15) is 13.2 Å². The van der Waals surface area contributed by atoms with Gasteiger partial charge >= 0.3 is 6.18 Å². The normalized spacial score (nSPS) is 17.4. The van der Waals surface area contributed by atoms with Crippen molar-refractivity contribution in [2.24, 2.45) is 18.9 Å². The van der Waals surface area contributed by atoms with Crippen LogP contribution < -0.4 is 4.90 Å². The summed E-state index contributed by atoms with van der Waals surface area (Å²) in [5.74, 6) is 1.75. The third-order valence-electron chi connectivity index (χ3n) is 6.90. The SMILES string of the molecule is Cn1cccc1C(=O)N(CC1CC1)CC1CCN(c2nccc3nc(C(F)(F)F)ccc23)CC1. The Labute approximate surface area is 196 Å². The Bertz CT molecular complexity index is 1180. The molecule has 180 valence electrons. The molecule has 1 amide bonds. The van der Waals surface area contributed by atoms with Crippen molar-refractivity contribution in [3.05, 3.63) is 54.1 Å². The predicted octanol–water partition coefficient (Wildman–Crippen LogP) is 4.76. The summed E-state index contributed by atoms with van der Waals surface area (Å²) in [6.45, 7) is 3.02. The smallest absolute Gasteiger partial charge is 0.356 e. The Balaban J connectivity index is 1.27. The number of piperidine rings is 1. The number of carbonyl (C=O) groups is 1. The number of carbonyl (C=O) groups excluding carboxylic acids is 1. The van der Waals surface area contributed by atoms with Gasteiger partial charge < -0.3 is 14.4 Å². The molecule has 0 bridgehead atoms. The van der Waals surface area contributed by atoms with Gasteiger partial charge in [-0.15, -0.1) is 0 Å². The summed E-state index contributed by atoms with van der Waals surface area (Å²) in [5.41, 5.74) is 0.115. The van der Waals surface area contributed by atoms with Crippen molar-refractivity contribution in [2.75, 3.05) is 31.1 Å². The average Bonchev–Trinajstić information content (AvgIpc) is 3.54. The van der Waals surface area contributed by atoms with Crippen LogP contribution in [0.5, 0.6) is 0 Å². The topological polar surface area (TPSA) is 54.3 Å². The van der Waals surface area contributed by atoms with E-state index in [1.807, 2.05) is 34.8 Å². The summed E-state index contributed by atoms with van der Waals surface area (Å²) >= 11 is 0. The number of amides is 1. The standard InChI is InChI=1S/C25H28F3N5O/c1-31-12-2-3-21(31)24(34)33(15-17-4-5-17)16-18-9-13-32(14-10-18)23-19-6-7-22(25(26,27)28)30-20(19)8-11-29-23/h2-3,6-8,11-12,17-18H,4-5,9-10,13-16H2,1H3. The maximum atomic E-state index is 13.2. The number of pyridine rings is 2. The molecule has 1 saturated heterocycles. The second kappa shape index (κ2) is 8.92. The number of alkyl halides is 3. The highest BCUT2D eigenvalue weighted by Gasteiger charge is 2.33. The molecule has 1 aliphatic carbocycles. The van der Waals surface area contributed by atoms with Crippen molar-refractivity contribution in [3.63, 3.8) is 0 Å². The Morgan fingerprint density at radius 1 is 1.06 bits per heavy atom. The van der Waals surface area contributed by atoms with Gasteiger partial charge in [0.25, 0.3) is 5.91 Å². The summed E-state index contributed by atoms with van der Waals surface area (Å²) in [6.07, 6.45) is 3.11. The lowest BCUT2D eigenvalue weighted by Gasteiger charge is -2.36. The van der Waals surface area contributed by atoms with Crippen LogP contribution in [0.25, 0.3) is 10.9 Å². The van der Waals surface area contributed by atoms with Crippen LogP contribution in [-0.4, -0.2) is 51.5 Å². The fourth-order valence-corrected chi connectivity index (χ4v) is 4.79. The third kappa shape index (κ3) is 4.74. The molecule has 0 aromatic carbocycles. The number of hydrogen-bond acceptors (Lipinski definition) is 4. The Morgan fingerprint density at radius 3 is 2.38 bits per heavy atom. The van der Waals surface area contributed by atoms with Gasteiger partial charge in [-0.1, -0.05) is 0 Å². The molecule has 0 radical (unpaired) electrons. The Hall–Kier alpha value is -3.10. The summed E-state index contributed by atoms with van der Waals surface area (Å²) in [6, 6.07) is 7.77. The lowest BCUT2D eigenvalue weighted by atomic mass is 9.95. The van der Waals surface area contributed by atoms with Gasteiger partial charge in [0, 0.05) is 51.0 Å². The van der Waals surface area contributed by atoms with E-state index in [0.717, 1.165) is 45.1 Å². The number of rotatable bonds is 6. The van der Waals surface area contributed by atoms with Gasteiger partial charge in [-0.3, -0.25) is 4.79 Å². The molecule has 3 aromatic rings. The number of aromatic nitrogens is 3. The quantitative estimate of drug-likeness (QED) is 0.521. The van der Waals surface area contributed by atoms with Crippen LogP contribution in [0.2, 0.25) is 0 Å². The molecule has 0 atom stereocenters. The van der Waals surface area contributed by atoms with E-state index < -0.39 is 11.9 Å². The van der Waals surface area contributed by atoms with E-state index >= 15 is 0 Å². The molecular formula is C25H28F3N5O. The van der Waals surface area contributed by atoms with Gasteiger partial charge in [0.15, 0.2) is 0 Å². The summed E-state index contributed by atoms with van der Waals surface area (Å²) in [7, 11) is 1.89. The zero-order valence-corrected chi connectivity index (χ0v) is 19.1. The summed E-state index contributed by atoms with van der Waals surface area (Å²) in [5, 5.41) is 0.628. The first-order valence-electron chi connectivity index (χ1n) is 11.8. The van der Waals surface area contributed by atoms with E-state index in [9.17, 15) is 18.0 Å². The monoisotopic (exact) mass is 471 g/mol. The molecule has 34 heavy (non-hydrogen) atoms. The number of fused-ring (bicyclic) bond motifs is 1. The molecule has 0 unspecified atom stereocenters. The third-order valence-corrected chi connectivity index (χ3v) is 6.90. The number of nitrogens with zero attached hydrogens (tertiary/aromatic N) is 5. The van der Waals surface area contributed by atoms with Crippen molar-refractivity contribution < 1.29 is 18.0 Å². The van der Waals surface area contributed by atoms with Crippen molar-refractivity contribution in [1.82, 2.24) is 19.4 Å². The van der Waals surface area contributed by atoms with Crippen LogP contribution in [0.1, 0.15) is 41.9 Å². The largest absolute Gasteiger partial charge is 0.433 e. The molecular weight excluding hydrogens is 443 g/mol. The number of hydrogen-bond donors (Lipinski definition) is 0. The minimum atomic E-state index is -4.47. The number of anilines is 1. The fourth-order valence-electron chi connectivity index (χ4n) is 4.79. The van der Waals surface area contributed by atoms with Gasteiger partial charge in [0.1, 0.15) is 17.2 Å². The van der Waals surface area contributed by atoms with Crippen LogP contribution >= 0.6 is 0 Å². The first-order valence-corrected chi connectivity index (χ1v) is 11.8. The molecule has 2 aliphatic rings. The maximum Gasteiger partial charge on any atom is 0.433 e. The van der Waals surface area contributed by atoms with E-state index in [-0.39, 0.29) is 5.91 Å². The zero-order valence-electron chi connectivity index (χ0n) is 19.1. The second-order valence-electron chi connectivity index (χ2n) is 9.48. The molecule has 5 rings (SSSR count). The van der Waals surface area contributed by atoms with Crippen LogP contribution in [0.4, 0.5) is 19.0 Å². The Kier molecular flexibility index (Phi) is 5.95. The molecule has 6 nitrogen and oxygen atoms in total. The van der Waals surface area contributed by atoms with E-state index in [1.54, 1.807) is 0 Å². The van der Waals surface area contributed by atoms with E-state index in [4.69, 9.17) is 0 Å². The zero-order chi connectivity index (χ0) is 23.9. The molecule has 3 aromatic heterocycles. The van der Waals surface area contributed by atoms with Crippen LogP contribution in [0, 0.1) is 11.8 Å². The number of halogens is 3. The van der Waals surface area contributed by atoms with Crippen LogP contribution in [0.15, 0.2) is 42.7 Å². The lowest BCUT2D eigenvalue weighted by molar-refractivity contribution is -0.140. The highest BCUT2D eigenvalue weighted by molar-refractivity contribution is 5.93. The fraction of sp³-hybridized carbons (Fsp3) is 0.480. The molecule has 4 heterocycles. The molecule has 9 heteroatoms. The van der Waals surface area contributed by atoms with Crippen LogP contribution in [0.3, 0.4) is 0 Å². The van der Waals surface area contributed by atoms with Crippen molar-refractivity contribution in [3.8, 4) is 0 Å². The second-order valence-corrected chi connectivity index (χ2v) is 9.48. The van der Waals surface area contributed by atoms with Gasteiger partial charge in [-0.25, -0.2) is 9.97 Å². The first kappa shape index (κ1) is 22.7. The minimum Gasteiger partial charge on any atom is -0.356 e. The lowest BCUT2D eigenvalue weighted by Crippen LogP contribution is -2.42. The van der Waals surface area contributed by atoms with E-state index in [1.165, 1.54) is 31.2 Å². The summed E-state index contributed by atoms with van der Waals surface area (Å²) in [4.78, 5) is 25.6. The Morgan fingerprint density at radius 2 is 1.76 bits per heavy atom. The molecule has 2 fully saturated rings. The van der Waals surface area contributed by atoms with Crippen molar-refractivity contribution >= 4 is 22.6 Å². The average molecular weight is 472 g/mol. The van der Waals surface area contributed by atoms with Crippen molar-refractivity contribution in [2.45, 2.75) is 31.9 Å². The molecule has 1 aliphatic heterocycles. The van der Waals surface area contributed by atoms with Gasteiger partial charge in [-0.05, 0) is 67.9 Å². The van der Waals surface area contributed by atoms with Crippen LogP contribution in [-0.2, 0) is 13.2 Å². The highest BCUT2D eigenvalue weighted by atomic mass is 19.4. The molecule has 0 spiro atoms. The highest BCUT2D eigenvalue weighted by Crippen LogP contribution is 2.34. The van der Waals surface area contributed by atoms with Gasteiger partial charge in [0.2, 0.25) is 0 Å². The maximum absolute atomic E-state index is 13.2. The van der Waals surface area contributed by atoms with E-state index in [2.05, 4.69) is 14.9 Å². The first-order chi connectivity index (χ1) is 16.3. The predicted molar refractivity (Wildman–Crippen MR) is 124 cm³/mol. The minimum absolute atomic E-state index is 0.0871. The van der Waals surface area contributed by atoms with E-state index in [0.29, 0.717) is 34.3 Å². The number of aryl methyl sites for hydroxylation is 1. The summed E-state index contributed by atoms with van der Waals surface area (Å²) < 4.78 is 41.0. The molecule has 1 saturated carbocycles. The molecule has 0 N–H and O–H groups in total.